The molecule has 3 aromatic rings. The summed E-state index contributed by atoms with van der Waals surface area (Å²) in [4.78, 5) is 17.1. The van der Waals surface area contributed by atoms with Crippen molar-refractivity contribution < 1.29 is 13.6 Å². The molecule has 1 heterocycles. The van der Waals surface area contributed by atoms with E-state index < -0.39 is 0 Å². The fourth-order valence-corrected chi connectivity index (χ4v) is 2.98. The van der Waals surface area contributed by atoms with Crippen molar-refractivity contribution in [2.75, 3.05) is 0 Å². The Labute approximate surface area is 158 Å². The monoisotopic (exact) mass is 366 g/mol. The number of hydrogen-bond acceptors (Lipinski definition) is 3. The van der Waals surface area contributed by atoms with Crippen LogP contribution in [0.1, 0.15) is 36.9 Å². The predicted molar refractivity (Wildman–Crippen MR) is 103 cm³/mol. The van der Waals surface area contributed by atoms with Gasteiger partial charge in [-0.1, -0.05) is 44.2 Å². The molecule has 1 amide bonds. The van der Waals surface area contributed by atoms with Gasteiger partial charge in [0, 0.05) is 5.56 Å². The fourth-order valence-electron chi connectivity index (χ4n) is 2.98. The summed E-state index contributed by atoms with van der Waals surface area (Å²) < 4.78 is 18.9. The average Bonchev–Trinajstić information content (AvgIpc) is 3.01. The number of nitrogens with zero attached hydrogens (tertiary/aromatic N) is 1. The standard InChI is InChI=1S/C22H23FN2O2/c1-14(2)21(16-9-11-18(23)12-10-16)25-20(26)13-19-15(3)27-22(24-19)17-7-5-4-6-8-17/h4-12,14,21H,13H2,1-3H3,(H,25,26)/t21-/m0/s1. The van der Waals surface area contributed by atoms with Crippen LogP contribution in [0.3, 0.4) is 0 Å². The zero-order valence-corrected chi connectivity index (χ0v) is 15.7. The van der Waals surface area contributed by atoms with E-state index >= 15 is 0 Å². The van der Waals surface area contributed by atoms with Gasteiger partial charge in [0.25, 0.3) is 0 Å². The Morgan fingerprint density at radius 2 is 1.78 bits per heavy atom. The molecule has 0 spiro atoms. The highest BCUT2D eigenvalue weighted by molar-refractivity contribution is 5.79. The molecule has 5 heteroatoms. The molecule has 4 nitrogen and oxygen atoms in total. The molecular formula is C22H23FN2O2. The van der Waals surface area contributed by atoms with E-state index in [0.29, 0.717) is 17.3 Å². The summed E-state index contributed by atoms with van der Waals surface area (Å²) in [6.07, 6.45) is 0.132. The highest BCUT2D eigenvalue weighted by atomic mass is 19.1. The topological polar surface area (TPSA) is 55.1 Å². The van der Waals surface area contributed by atoms with Gasteiger partial charge in [-0.15, -0.1) is 0 Å². The number of carbonyl (C=O) groups excluding carboxylic acids is 1. The van der Waals surface area contributed by atoms with Gasteiger partial charge in [0.1, 0.15) is 11.6 Å². The van der Waals surface area contributed by atoms with E-state index in [1.165, 1.54) is 12.1 Å². The molecule has 0 aliphatic heterocycles. The molecule has 1 atom stereocenters. The zero-order valence-electron chi connectivity index (χ0n) is 15.7. The van der Waals surface area contributed by atoms with Crippen molar-refractivity contribution >= 4 is 5.91 Å². The molecule has 0 radical (unpaired) electrons. The molecule has 0 aliphatic carbocycles. The first-order chi connectivity index (χ1) is 12.9. The van der Waals surface area contributed by atoms with Gasteiger partial charge in [-0.2, -0.15) is 0 Å². The second kappa shape index (κ2) is 8.16. The summed E-state index contributed by atoms with van der Waals surface area (Å²) in [5.41, 5.74) is 2.37. The lowest BCUT2D eigenvalue weighted by molar-refractivity contribution is -0.121. The van der Waals surface area contributed by atoms with Crippen molar-refractivity contribution in [1.82, 2.24) is 10.3 Å². The van der Waals surface area contributed by atoms with E-state index in [-0.39, 0.29) is 30.1 Å². The first-order valence-electron chi connectivity index (χ1n) is 9.00. The summed E-state index contributed by atoms with van der Waals surface area (Å²) in [5, 5.41) is 3.03. The van der Waals surface area contributed by atoms with Gasteiger partial charge in [0.05, 0.1) is 18.2 Å². The molecule has 2 aromatic carbocycles. The minimum absolute atomic E-state index is 0.132. The van der Waals surface area contributed by atoms with Gasteiger partial charge in [-0.3, -0.25) is 4.79 Å². The molecule has 0 saturated heterocycles. The zero-order chi connectivity index (χ0) is 19.4. The van der Waals surface area contributed by atoms with Gasteiger partial charge in [0.2, 0.25) is 11.8 Å². The van der Waals surface area contributed by atoms with Crippen LogP contribution in [-0.2, 0) is 11.2 Å². The Bertz CT molecular complexity index is 902. The Morgan fingerprint density at radius 3 is 2.41 bits per heavy atom. The van der Waals surface area contributed by atoms with E-state index in [1.807, 2.05) is 51.1 Å². The van der Waals surface area contributed by atoms with Crippen LogP contribution in [-0.4, -0.2) is 10.9 Å². The second-order valence-corrected chi connectivity index (χ2v) is 6.91. The molecule has 0 fully saturated rings. The normalized spacial score (nSPS) is 12.2. The van der Waals surface area contributed by atoms with Crippen molar-refractivity contribution in [1.29, 1.82) is 0 Å². The number of hydrogen-bond donors (Lipinski definition) is 1. The molecule has 140 valence electrons. The largest absolute Gasteiger partial charge is 0.441 e. The highest BCUT2D eigenvalue weighted by Gasteiger charge is 2.21. The van der Waals surface area contributed by atoms with E-state index in [1.54, 1.807) is 12.1 Å². The maximum atomic E-state index is 13.2. The molecule has 0 saturated carbocycles. The van der Waals surface area contributed by atoms with Crippen molar-refractivity contribution in [3.05, 3.63) is 77.4 Å². The first-order valence-corrected chi connectivity index (χ1v) is 9.00. The summed E-state index contributed by atoms with van der Waals surface area (Å²) in [6, 6.07) is 15.6. The lowest BCUT2D eigenvalue weighted by Crippen LogP contribution is -2.33. The van der Waals surface area contributed by atoms with E-state index in [0.717, 1.165) is 11.1 Å². The quantitative estimate of drug-likeness (QED) is 0.679. The van der Waals surface area contributed by atoms with Crippen LogP contribution >= 0.6 is 0 Å². The maximum absolute atomic E-state index is 13.2. The highest BCUT2D eigenvalue weighted by Crippen LogP contribution is 2.24. The fraction of sp³-hybridized carbons (Fsp3) is 0.273. The SMILES string of the molecule is Cc1oc(-c2ccccc2)nc1CC(=O)N[C@H](c1ccc(F)cc1)C(C)C. The summed E-state index contributed by atoms with van der Waals surface area (Å²) in [5.74, 6) is 0.868. The number of aryl methyl sites for hydroxylation is 1. The van der Waals surface area contributed by atoms with Crippen molar-refractivity contribution in [3.8, 4) is 11.5 Å². The van der Waals surface area contributed by atoms with Gasteiger partial charge in [-0.25, -0.2) is 9.37 Å². The van der Waals surface area contributed by atoms with Gasteiger partial charge in [-0.05, 0) is 42.7 Å². The van der Waals surface area contributed by atoms with Crippen LogP contribution in [0.15, 0.2) is 59.0 Å². The molecule has 0 aliphatic rings. The minimum Gasteiger partial charge on any atom is -0.441 e. The molecule has 27 heavy (non-hydrogen) atoms. The number of aromatic nitrogens is 1. The molecule has 1 N–H and O–H groups in total. The summed E-state index contributed by atoms with van der Waals surface area (Å²) in [6.45, 7) is 5.84. The summed E-state index contributed by atoms with van der Waals surface area (Å²) in [7, 11) is 0. The Kier molecular flexibility index (Phi) is 5.69. The van der Waals surface area contributed by atoms with Crippen LogP contribution < -0.4 is 5.32 Å². The van der Waals surface area contributed by atoms with Crippen LogP contribution in [0, 0.1) is 18.7 Å². The van der Waals surface area contributed by atoms with Crippen LogP contribution in [0.2, 0.25) is 0 Å². The molecule has 1 aromatic heterocycles. The Balaban J connectivity index is 1.73. The number of halogens is 1. The lowest BCUT2D eigenvalue weighted by atomic mass is 9.96. The van der Waals surface area contributed by atoms with E-state index in [9.17, 15) is 9.18 Å². The van der Waals surface area contributed by atoms with Crippen molar-refractivity contribution in [2.45, 2.75) is 33.2 Å². The van der Waals surface area contributed by atoms with Gasteiger partial charge < -0.3 is 9.73 Å². The van der Waals surface area contributed by atoms with Crippen LogP contribution in [0.4, 0.5) is 4.39 Å². The maximum Gasteiger partial charge on any atom is 0.226 e. The second-order valence-electron chi connectivity index (χ2n) is 6.91. The smallest absolute Gasteiger partial charge is 0.226 e. The van der Waals surface area contributed by atoms with Crippen molar-refractivity contribution in [2.24, 2.45) is 5.92 Å². The third-order valence-electron chi connectivity index (χ3n) is 4.45. The molecule has 0 bridgehead atoms. The number of nitrogens with one attached hydrogen (secondary N) is 1. The molecule has 0 unspecified atom stereocenters. The lowest BCUT2D eigenvalue weighted by Gasteiger charge is -2.23. The number of carbonyl (C=O) groups is 1. The first kappa shape index (κ1) is 18.8. The van der Waals surface area contributed by atoms with Gasteiger partial charge in [0.15, 0.2) is 0 Å². The van der Waals surface area contributed by atoms with E-state index in [2.05, 4.69) is 10.3 Å². The minimum atomic E-state index is -0.292. The molecule has 3 rings (SSSR count). The van der Waals surface area contributed by atoms with E-state index in [4.69, 9.17) is 4.42 Å². The summed E-state index contributed by atoms with van der Waals surface area (Å²) >= 11 is 0. The Hall–Kier alpha value is -2.95. The van der Waals surface area contributed by atoms with Crippen LogP contribution in [0.5, 0.6) is 0 Å². The number of benzene rings is 2. The number of rotatable bonds is 6. The average molecular weight is 366 g/mol. The number of oxazole rings is 1. The van der Waals surface area contributed by atoms with Gasteiger partial charge >= 0.3 is 0 Å². The number of amides is 1. The third-order valence-corrected chi connectivity index (χ3v) is 4.45. The van der Waals surface area contributed by atoms with Crippen LogP contribution in [0.25, 0.3) is 11.5 Å². The Morgan fingerprint density at radius 1 is 1.11 bits per heavy atom. The molecular weight excluding hydrogens is 343 g/mol. The third kappa shape index (κ3) is 4.61. The predicted octanol–water partition coefficient (Wildman–Crippen LogP) is 4.85. The van der Waals surface area contributed by atoms with Crippen molar-refractivity contribution in [3.63, 3.8) is 0 Å².